The van der Waals surface area contributed by atoms with Gasteiger partial charge >= 0.3 is 5.97 Å². The fraction of sp³-hybridized carbons (Fsp3) is 0.562. The van der Waals surface area contributed by atoms with Crippen LogP contribution >= 0.6 is 0 Å². The Labute approximate surface area is 125 Å². The molecule has 0 amide bonds. The van der Waals surface area contributed by atoms with Gasteiger partial charge in [-0.3, -0.25) is 4.79 Å². The van der Waals surface area contributed by atoms with E-state index in [4.69, 9.17) is 10.8 Å². The van der Waals surface area contributed by atoms with Crippen molar-refractivity contribution in [2.75, 3.05) is 6.54 Å². The average molecular weight is 295 g/mol. The van der Waals surface area contributed by atoms with Gasteiger partial charge in [-0.15, -0.1) is 0 Å². The number of nitrogens with two attached hydrogens (primary N) is 1. The van der Waals surface area contributed by atoms with E-state index in [-0.39, 0.29) is 18.0 Å². The zero-order chi connectivity index (χ0) is 15.8. The molecule has 0 bridgehead atoms. The van der Waals surface area contributed by atoms with Crippen molar-refractivity contribution in [3.63, 3.8) is 0 Å². The molecule has 2 atom stereocenters. The second-order valence-corrected chi connectivity index (χ2v) is 5.50. The normalized spacial score (nSPS) is 13.8. The Kier molecular flexibility index (Phi) is 7.02. The zero-order valence-electron chi connectivity index (χ0n) is 12.5. The van der Waals surface area contributed by atoms with Gasteiger partial charge in [-0.05, 0) is 42.9 Å². The highest BCUT2D eigenvalue weighted by molar-refractivity contribution is 5.70. The van der Waals surface area contributed by atoms with E-state index in [1.807, 2.05) is 0 Å². The third-order valence-electron chi connectivity index (χ3n) is 3.95. The summed E-state index contributed by atoms with van der Waals surface area (Å²) in [7, 11) is 0. The van der Waals surface area contributed by atoms with Crippen LogP contribution in [0.15, 0.2) is 18.2 Å². The van der Waals surface area contributed by atoms with Gasteiger partial charge in [-0.2, -0.15) is 0 Å². The van der Waals surface area contributed by atoms with Crippen molar-refractivity contribution in [1.82, 2.24) is 0 Å². The summed E-state index contributed by atoms with van der Waals surface area (Å²) in [6.45, 7) is 2.24. The second-order valence-electron chi connectivity index (χ2n) is 5.50. The lowest BCUT2D eigenvalue weighted by Crippen LogP contribution is -2.25. The molecule has 0 saturated heterocycles. The molecule has 21 heavy (non-hydrogen) atoms. The molecular formula is C16H25NO4. The Morgan fingerprint density at radius 2 is 2.00 bits per heavy atom. The van der Waals surface area contributed by atoms with Gasteiger partial charge in [0.25, 0.3) is 0 Å². The van der Waals surface area contributed by atoms with Crippen LogP contribution in [0.2, 0.25) is 0 Å². The Morgan fingerprint density at radius 3 is 2.52 bits per heavy atom. The van der Waals surface area contributed by atoms with E-state index in [0.717, 1.165) is 31.2 Å². The van der Waals surface area contributed by atoms with Crippen LogP contribution in [-0.4, -0.2) is 27.8 Å². The van der Waals surface area contributed by atoms with Crippen LogP contribution in [-0.2, 0) is 11.2 Å². The maximum absolute atomic E-state index is 11.0. The molecule has 0 aromatic heterocycles. The average Bonchev–Trinajstić information content (AvgIpc) is 2.46. The molecule has 0 aliphatic rings. The number of rotatable bonds is 9. The van der Waals surface area contributed by atoms with Gasteiger partial charge in [-0.1, -0.05) is 25.8 Å². The molecule has 1 aromatic carbocycles. The number of benzene rings is 1. The number of carboxylic acids is 1. The number of aryl methyl sites for hydroxylation is 1. The molecule has 0 radical (unpaired) electrons. The van der Waals surface area contributed by atoms with E-state index < -0.39 is 11.9 Å². The van der Waals surface area contributed by atoms with Gasteiger partial charge in [0.05, 0.1) is 5.92 Å². The van der Waals surface area contributed by atoms with Crippen LogP contribution in [0.5, 0.6) is 11.5 Å². The SMILES string of the molecule is CCC(CCCc1ccc(O)c(O)c1)CC(CN)C(=O)O. The number of carboxylic acid groups (broad SMARTS) is 1. The van der Waals surface area contributed by atoms with Crippen molar-refractivity contribution in [2.24, 2.45) is 17.6 Å². The molecule has 2 unspecified atom stereocenters. The lowest BCUT2D eigenvalue weighted by Gasteiger charge is -2.18. The Morgan fingerprint density at radius 1 is 1.29 bits per heavy atom. The first-order chi connectivity index (χ1) is 9.97. The van der Waals surface area contributed by atoms with Gasteiger partial charge in [0, 0.05) is 6.54 Å². The van der Waals surface area contributed by atoms with E-state index in [0.29, 0.717) is 12.3 Å². The number of hydrogen-bond donors (Lipinski definition) is 4. The van der Waals surface area contributed by atoms with Crippen molar-refractivity contribution in [3.05, 3.63) is 23.8 Å². The number of hydrogen-bond acceptors (Lipinski definition) is 4. The van der Waals surface area contributed by atoms with E-state index in [1.54, 1.807) is 12.1 Å². The third kappa shape index (κ3) is 5.63. The topological polar surface area (TPSA) is 104 Å². The quantitative estimate of drug-likeness (QED) is 0.524. The predicted molar refractivity (Wildman–Crippen MR) is 81.3 cm³/mol. The molecule has 5 heteroatoms. The molecule has 5 nitrogen and oxygen atoms in total. The summed E-state index contributed by atoms with van der Waals surface area (Å²) < 4.78 is 0. The molecule has 1 aromatic rings. The number of aliphatic carboxylic acids is 1. The first-order valence-electron chi connectivity index (χ1n) is 7.41. The van der Waals surface area contributed by atoms with Crippen molar-refractivity contribution in [2.45, 2.75) is 39.0 Å². The zero-order valence-corrected chi connectivity index (χ0v) is 12.5. The summed E-state index contributed by atoms with van der Waals surface area (Å²) in [4.78, 5) is 11.0. The highest BCUT2D eigenvalue weighted by atomic mass is 16.4. The van der Waals surface area contributed by atoms with Crippen LogP contribution in [0.25, 0.3) is 0 Å². The van der Waals surface area contributed by atoms with Crippen LogP contribution in [0.1, 0.15) is 38.2 Å². The Balaban J connectivity index is 2.44. The smallest absolute Gasteiger partial charge is 0.307 e. The van der Waals surface area contributed by atoms with Crippen LogP contribution in [0.4, 0.5) is 0 Å². The second kappa shape index (κ2) is 8.52. The van der Waals surface area contributed by atoms with Gasteiger partial charge in [-0.25, -0.2) is 0 Å². The van der Waals surface area contributed by atoms with Crippen molar-refractivity contribution in [1.29, 1.82) is 0 Å². The summed E-state index contributed by atoms with van der Waals surface area (Å²) in [6.07, 6.45) is 4.19. The van der Waals surface area contributed by atoms with Gasteiger partial charge < -0.3 is 21.1 Å². The fourth-order valence-corrected chi connectivity index (χ4v) is 2.51. The standard InChI is InChI=1S/C16H25NO4/c1-2-11(8-13(10-17)16(20)21)4-3-5-12-6-7-14(18)15(19)9-12/h6-7,9,11,13,18-19H,2-5,8,10,17H2,1H3,(H,20,21). The highest BCUT2D eigenvalue weighted by Gasteiger charge is 2.20. The molecule has 1 rings (SSSR count). The van der Waals surface area contributed by atoms with Gasteiger partial charge in [0.1, 0.15) is 0 Å². The van der Waals surface area contributed by atoms with Crippen molar-refractivity contribution < 1.29 is 20.1 Å². The summed E-state index contributed by atoms with van der Waals surface area (Å²) in [5.41, 5.74) is 6.46. The van der Waals surface area contributed by atoms with E-state index in [2.05, 4.69) is 6.92 Å². The van der Waals surface area contributed by atoms with Crippen LogP contribution < -0.4 is 5.73 Å². The minimum atomic E-state index is -0.820. The first-order valence-corrected chi connectivity index (χ1v) is 7.41. The maximum Gasteiger partial charge on any atom is 0.307 e. The summed E-state index contributed by atoms with van der Waals surface area (Å²) in [6, 6.07) is 4.84. The number of phenolic OH excluding ortho intramolecular Hbond substituents is 2. The molecule has 5 N–H and O–H groups in total. The lowest BCUT2D eigenvalue weighted by molar-refractivity contribution is -0.142. The first kappa shape index (κ1) is 17.3. The van der Waals surface area contributed by atoms with Crippen molar-refractivity contribution in [3.8, 4) is 11.5 Å². The number of phenols is 2. The molecule has 0 aliphatic carbocycles. The van der Waals surface area contributed by atoms with Crippen LogP contribution in [0.3, 0.4) is 0 Å². The molecule has 118 valence electrons. The lowest BCUT2D eigenvalue weighted by atomic mass is 9.88. The van der Waals surface area contributed by atoms with Crippen molar-refractivity contribution >= 4 is 5.97 Å². The molecule has 0 spiro atoms. The maximum atomic E-state index is 11.0. The summed E-state index contributed by atoms with van der Waals surface area (Å²) >= 11 is 0. The summed E-state index contributed by atoms with van der Waals surface area (Å²) in [5.74, 6) is -1.15. The fourth-order valence-electron chi connectivity index (χ4n) is 2.51. The van der Waals surface area contributed by atoms with Crippen LogP contribution in [0, 0.1) is 11.8 Å². The molecule has 0 heterocycles. The molecule has 0 fully saturated rings. The largest absolute Gasteiger partial charge is 0.504 e. The Hall–Kier alpha value is -1.75. The minimum absolute atomic E-state index is 0.103. The third-order valence-corrected chi connectivity index (χ3v) is 3.95. The molecule has 0 saturated carbocycles. The van der Waals surface area contributed by atoms with E-state index in [9.17, 15) is 15.0 Å². The molecular weight excluding hydrogens is 270 g/mol. The monoisotopic (exact) mass is 295 g/mol. The van der Waals surface area contributed by atoms with Gasteiger partial charge in [0.15, 0.2) is 11.5 Å². The van der Waals surface area contributed by atoms with E-state index in [1.165, 1.54) is 6.07 Å². The predicted octanol–water partition coefficient (Wildman–Crippen LogP) is 2.50. The highest BCUT2D eigenvalue weighted by Crippen LogP contribution is 2.27. The number of aromatic hydroxyl groups is 2. The Bertz CT molecular complexity index is 462. The van der Waals surface area contributed by atoms with E-state index >= 15 is 0 Å². The minimum Gasteiger partial charge on any atom is -0.504 e. The van der Waals surface area contributed by atoms with Gasteiger partial charge in [0.2, 0.25) is 0 Å². The number of carbonyl (C=O) groups is 1. The molecule has 0 aliphatic heterocycles. The summed E-state index contributed by atoms with van der Waals surface area (Å²) in [5, 5.41) is 27.7.